The number of methoxy groups -OCH3 is 1. The molecule has 3 rings (SSSR count). The minimum absolute atomic E-state index is 0.378. The Labute approximate surface area is 126 Å². The lowest BCUT2D eigenvalue weighted by molar-refractivity contribution is 0.184. The Balaban J connectivity index is 1.85. The van der Waals surface area contributed by atoms with Gasteiger partial charge < -0.3 is 10.1 Å². The van der Waals surface area contributed by atoms with Crippen LogP contribution in [-0.2, 0) is 17.9 Å². The van der Waals surface area contributed by atoms with Gasteiger partial charge in [-0.15, -0.1) is 0 Å². The molecule has 2 heterocycles. The van der Waals surface area contributed by atoms with Crippen molar-refractivity contribution in [3.8, 4) is 0 Å². The molecule has 1 aromatic carbocycles. The maximum absolute atomic E-state index is 5.99. The van der Waals surface area contributed by atoms with Gasteiger partial charge in [0.05, 0.1) is 6.61 Å². The minimum Gasteiger partial charge on any atom is -0.380 e. The first-order valence-corrected chi connectivity index (χ1v) is 6.81. The standard InChI is InChI=1S/C14H14ClN5O/c1-21-8-11-5-3-2-4-10(11)7-16-13-6-12(15)19-14-17-9-18-20(13)14/h2-6,9,16H,7-8H2,1H3. The lowest BCUT2D eigenvalue weighted by Gasteiger charge is -2.11. The summed E-state index contributed by atoms with van der Waals surface area (Å²) in [5.41, 5.74) is 2.29. The number of ether oxygens (including phenoxy) is 1. The smallest absolute Gasteiger partial charge is 0.255 e. The Bertz CT molecular complexity index is 758. The maximum Gasteiger partial charge on any atom is 0.255 e. The predicted molar refractivity (Wildman–Crippen MR) is 80.3 cm³/mol. The zero-order valence-corrected chi connectivity index (χ0v) is 12.2. The molecule has 3 aromatic rings. The third kappa shape index (κ3) is 2.96. The second-order valence-corrected chi connectivity index (χ2v) is 4.88. The number of nitrogens with one attached hydrogen (secondary N) is 1. The van der Waals surface area contributed by atoms with Gasteiger partial charge in [-0.3, -0.25) is 0 Å². The number of fused-ring (bicyclic) bond motifs is 1. The second kappa shape index (κ2) is 6.07. The zero-order valence-electron chi connectivity index (χ0n) is 11.5. The van der Waals surface area contributed by atoms with Gasteiger partial charge in [-0.1, -0.05) is 35.9 Å². The Hall–Kier alpha value is -2.18. The van der Waals surface area contributed by atoms with Gasteiger partial charge in [0.2, 0.25) is 0 Å². The molecule has 21 heavy (non-hydrogen) atoms. The Morgan fingerprint density at radius 2 is 2.10 bits per heavy atom. The third-order valence-electron chi connectivity index (χ3n) is 3.10. The SMILES string of the molecule is COCc1ccccc1CNc1cc(Cl)nc2ncnn12. The lowest BCUT2D eigenvalue weighted by atomic mass is 10.1. The number of hydrogen-bond acceptors (Lipinski definition) is 5. The second-order valence-electron chi connectivity index (χ2n) is 4.49. The molecule has 0 aliphatic carbocycles. The van der Waals surface area contributed by atoms with Crippen LogP contribution in [0.5, 0.6) is 0 Å². The summed E-state index contributed by atoms with van der Waals surface area (Å²) >= 11 is 5.99. The monoisotopic (exact) mass is 303 g/mol. The fourth-order valence-corrected chi connectivity index (χ4v) is 2.30. The van der Waals surface area contributed by atoms with Crippen LogP contribution < -0.4 is 5.32 Å². The van der Waals surface area contributed by atoms with Crippen LogP contribution in [0, 0.1) is 0 Å². The molecule has 7 heteroatoms. The zero-order chi connectivity index (χ0) is 14.7. The molecule has 0 saturated heterocycles. The summed E-state index contributed by atoms with van der Waals surface area (Å²) < 4.78 is 6.83. The van der Waals surface area contributed by atoms with Crippen molar-refractivity contribution in [2.24, 2.45) is 0 Å². The molecule has 0 saturated carbocycles. The molecule has 6 nitrogen and oxygen atoms in total. The van der Waals surface area contributed by atoms with Gasteiger partial charge in [-0.05, 0) is 11.1 Å². The summed E-state index contributed by atoms with van der Waals surface area (Å²) in [7, 11) is 1.69. The molecule has 2 aromatic heterocycles. The minimum atomic E-state index is 0.378. The van der Waals surface area contributed by atoms with Gasteiger partial charge in [-0.2, -0.15) is 19.6 Å². The van der Waals surface area contributed by atoms with Crippen LogP contribution in [0.1, 0.15) is 11.1 Å². The first kappa shape index (κ1) is 13.8. The van der Waals surface area contributed by atoms with Crippen molar-refractivity contribution in [3.63, 3.8) is 0 Å². The molecule has 0 spiro atoms. The van der Waals surface area contributed by atoms with Gasteiger partial charge in [0, 0.05) is 19.7 Å². The van der Waals surface area contributed by atoms with E-state index in [0.29, 0.717) is 24.1 Å². The molecule has 0 unspecified atom stereocenters. The van der Waals surface area contributed by atoms with Crippen molar-refractivity contribution < 1.29 is 4.74 Å². The van der Waals surface area contributed by atoms with Gasteiger partial charge in [0.25, 0.3) is 5.78 Å². The van der Waals surface area contributed by atoms with E-state index in [2.05, 4.69) is 26.4 Å². The molecule has 0 radical (unpaired) electrons. The van der Waals surface area contributed by atoms with E-state index < -0.39 is 0 Å². The molecule has 0 fully saturated rings. The van der Waals surface area contributed by atoms with Crippen LogP contribution in [0.3, 0.4) is 0 Å². The summed E-state index contributed by atoms with van der Waals surface area (Å²) in [4.78, 5) is 8.13. The molecule has 1 N–H and O–H groups in total. The Morgan fingerprint density at radius 1 is 1.29 bits per heavy atom. The van der Waals surface area contributed by atoms with Crippen molar-refractivity contribution in [3.05, 3.63) is 52.9 Å². The topological polar surface area (TPSA) is 64.3 Å². The summed E-state index contributed by atoms with van der Waals surface area (Å²) in [5, 5.41) is 7.82. The number of nitrogens with zero attached hydrogens (tertiary/aromatic N) is 4. The van der Waals surface area contributed by atoms with E-state index in [-0.39, 0.29) is 0 Å². The van der Waals surface area contributed by atoms with E-state index in [9.17, 15) is 0 Å². The van der Waals surface area contributed by atoms with Crippen LogP contribution in [0.2, 0.25) is 5.15 Å². The molecule has 0 aliphatic rings. The average Bonchev–Trinajstić information content (AvgIpc) is 2.94. The average molecular weight is 304 g/mol. The van der Waals surface area contributed by atoms with Gasteiger partial charge >= 0.3 is 0 Å². The molecular formula is C14H14ClN5O. The molecule has 0 amide bonds. The van der Waals surface area contributed by atoms with Crippen LogP contribution in [0.25, 0.3) is 5.78 Å². The highest BCUT2D eigenvalue weighted by Crippen LogP contribution is 2.17. The van der Waals surface area contributed by atoms with Crippen molar-refractivity contribution in [2.45, 2.75) is 13.2 Å². The molecular weight excluding hydrogens is 290 g/mol. The normalized spacial score (nSPS) is 11.0. The van der Waals surface area contributed by atoms with E-state index >= 15 is 0 Å². The number of anilines is 1. The van der Waals surface area contributed by atoms with E-state index in [1.54, 1.807) is 17.7 Å². The van der Waals surface area contributed by atoms with Crippen LogP contribution in [0.4, 0.5) is 5.82 Å². The van der Waals surface area contributed by atoms with Crippen molar-refractivity contribution >= 4 is 23.2 Å². The lowest BCUT2D eigenvalue weighted by Crippen LogP contribution is -2.08. The highest BCUT2D eigenvalue weighted by Gasteiger charge is 2.07. The Morgan fingerprint density at radius 3 is 2.90 bits per heavy atom. The third-order valence-corrected chi connectivity index (χ3v) is 3.29. The number of benzene rings is 1. The van der Waals surface area contributed by atoms with E-state index in [1.807, 2.05) is 18.2 Å². The highest BCUT2D eigenvalue weighted by atomic mass is 35.5. The summed E-state index contributed by atoms with van der Waals surface area (Å²) in [5.74, 6) is 1.21. The summed E-state index contributed by atoms with van der Waals surface area (Å²) in [6, 6.07) is 9.83. The van der Waals surface area contributed by atoms with Crippen molar-refractivity contribution in [1.29, 1.82) is 0 Å². The quantitative estimate of drug-likeness (QED) is 0.734. The number of halogens is 1. The fourth-order valence-electron chi connectivity index (χ4n) is 2.12. The predicted octanol–water partition coefficient (Wildman–Crippen LogP) is 2.54. The first-order valence-electron chi connectivity index (χ1n) is 6.44. The maximum atomic E-state index is 5.99. The Kier molecular flexibility index (Phi) is 3.98. The van der Waals surface area contributed by atoms with E-state index in [0.717, 1.165) is 16.9 Å². The first-order chi connectivity index (χ1) is 10.3. The number of hydrogen-bond donors (Lipinski definition) is 1. The molecule has 108 valence electrons. The molecule has 0 atom stereocenters. The van der Waals surface area contributed by atoms with Crippen molar-refractivity contribution in [1.82, 2.24) is 19.6 Å². The number of aromatic nitrogens is 4. The summed E-state index contributed by atoms with van der Waals surface area (Å²) in [6.45, 7) is 1.21. The van der Waals surface area contributed by atoms with Gasteiger partial charge in [0.1, 0.15) is 17.3 Å². The van der Waals surface area contributed by atoms with Gasteiger partial charge in [0.15, 0.2) is 0 Å². The van der Waals surface area contributed by atoms with Gasteiger partial charge in [-0.25, -0.2) is 0 Å². The van der Waals surface area contributed by atoms with Crippen LogP contribution >= 0.6 is 11.6 Å². The molecule has 0 bridgehead atoms. The largest absolute Gasteiger partial charge is 0.380 e. The molecule has 0 aliphatic heterocycles. The highest BCUT2D eigenvalue weighted by molar-refractivity contribution is 6.29. The van der Waals surface area contributed by atoms with Crippen LogP contribution in [-0.4, -0.2) is 26.7 Å². The van der Waals surface area contributed by atoms with Crippen molar-refractivity contribution in [2.75, 3.05) is 12.4 Å². The fraction of sp³-hybridized carbons (Fsp3) is 0.214. The number of rotatable bonds is 5. The summed E-state index contributed by atoms with van der Waals surface area (Å²) in [6.07, 6.45) is 1.45. The van der Waals surface area contributed by atoms with E-state index in [1.165, 1.54) is 6.33 Å². The van der Waals surface area contributed by atoms with E-state index in [4.69, 9.17) is 16.3 Å². The van der Waals surface area contributed by atoms with Crippen LogP contribution in [0.15, 0.2) is 36.7 Å².